The van der Waals surface area contributed by atoms with Crippen LogP contribution in [0.25, 0.3) is 6.08 Å². The van der Waals surface area contributed by atoms with Crippen molar-refractivity contribution in [3.8, 4) is 0 Å². The van der Waals surface area contributed by atoms with Crippen molar-refractivity contribution in [3.63, 3.8) is 0 Å². The third-order valence-corrected chi connectivity index (χ3v) is 3.21. The number of rotatable bonds is 4. The van der Waals surface area contributed by atoms with Crippen molar-refractivity contribution >= 4 is 41.1 Å². The lowest BCUT2D eigenvalue weighted by molar-refractivity contribution is -0.111. The molecule has 0 spiro atoms. The van der Waals surface area contributed by atoms with E-state index in [1.165, 1.54) is 25.3 Å². The molecule has 0 heterocycles. The van der Waals surface area contributed by atoms with Crippen LogP contribution >= 0.6 is 11.6 Å². The minimum absolute atomic E-state index is 0.0960. The molecule has 0 aliphatic carbocycles. The molecule has 5 nitrogen and oxygen atoms in total. The van der Waals surface area contributed by atoms with Gasteiger partial charge in [-0.15, -0.1) is 0 Å². The lowest BCUT2D eigenvalue weighted by atomic mass is 10.2. The Hall–Kier alpha value is -2.86. The second-order valence-electron chi connectivity index (χ2n) is 4.69. The summed E-state index contributed by atoms with van der Waals surface area (Å²) in [5, 5.41) is 5.40. The molecule has 0 aliphatic rings. The molecule has 0 unspecified atom stereocenters. The van der Waals surface area contributed by atoms with Gasteiger partial charge in [-0.25, -0.2) is 9.18 Å². The van der Waals surface area contributed by atoms with Gasteiger partial charge in [-0.3, -0.25) is 10.1 Å². The molecule has 0 aliphatic heterocycles. The molecule has 2 aromatic carbocycles. The van der Waals surface area contributed by atoms with Gasteiger partial charge in [0.1, 0.15) is 5.82 Å². The molecule has 0 fully saturated rings. The summed E-state index contributed by atoms with van der Waals surface area (Å²) in [6.45, 7) is 0. The van der Waals surface area contributed by atoms with Gasteiger partial charge in [0.25, 0.3) is 0 Å². The number of halogens is 2. The second kappa shape index (κ2) is 8.12. The fourth-order valence-electron chi connectivity index (χ4n) is 1.79. The van der Waals surface area contributed by atoms with E-state index >= 15 is 0 Å². The fourth-order valence-corrected chi connectivity index (χ4v) is 1.92. The molecule has 0 saturated carbocycles. The van der Waals surface area contributed by atoms with Crippen molar-refractivity contribution in [2.75, 3.05) is 17.7 Å². The Bertz CT molecular complexity index is 776. The number of benzene rings is 2. The Morgan fingerprint density at radius 1 is 1.12 bits per heavy atom. The monoisotopic (exact) mass is 348 g/mol. The zero-order valence-corrected chi connectivity index (χ0v) is 13.4. The molecule has 0 bridgehead atoms. The molecular formula is C17H14ClFN2O3. The molecule has 2 aromatic rings. The van der Waals surface area contributed by atoms with Gasteiger partial charge in [0.2, 0.25) is 5.91 Å². The number of amides is 2. The predicted molar refractivity (Wildman–Crippen MR) is 91.5 cm³/mol. The first-order valence-electron chi connectivity index (χ1n) is 6.87. The highest BCUT2D eigenvalue weighted by atomic mass is 35.5. The molecule has 0 aromatic heterocycles. The summed E-state index contributed by atoms with van der Waals surface area (Å²) in [6, 6.07) is 10.8. The molecular weight excluding hydrogens is 335 g/mol. The highest BCUT2D eigenvalue weighted by Crippen LogP contribution is 2.20. The van der Waals surface area contributed by atoms with Crippen LogP contribution in [0.2, 0.25) is 5.02 Å². The van der Waals surface area contributed by atoms with Crippen LogP contribution < -0.4 is 10.6 Å². The van der Waals surface area contributed by atoms with Crippen LogP contribution in [0.3, 0.4) is 0 Å². The van der Waals surface area contributed by atoms with E-state index in [-0.39, 0.29) is 5.69 Å². The van der Waals surface area contributed by atoms with Crippen molar-refractivity contribution in [2.24, 2.45) is 0 Å². The van der Waals surface area contributed by atoms with Gasteiger partial charge in [-0.2, -0.15) is 0 Å². The summed E-state index contributed by atoms with van der Waals surface area (Å²) in [7, 11) is 1.17. The fraction of sp³-hybridized carbons (Fsp3) is 0.0588. The van der Waals surface area contributed by atoms with Crippen LogP contribution in [0.15, 0.2) is 48.5 Å². The minimum Gasteiger partial charge on any atom is -0.453 e. The summed E-state index contributed by atoms with van der Waals surface area (Å²) >= 11 is 5.78. The highest BCUT2D eigenvalue weighted by molar-refractivity contribution is 6.30. The zero-order valence-electron chi connectivity index (χ0n) is 12.7. The van der Waals surface area contributed by atoms with E-state index in [4.69, 9.17) is 11.6 Å². The van der Waals surface area contributed by atoms with Crippen molar-refractivity contribution in [1.82, 2.24) is 0 Å². The number of anilines is 2. The van der Waals surface area contributed by atoms with Crippen LogP contribution in [0.1, 0.15) is 5.56 Å². The Kier molecular flexibility index (Phi) is 5.92. The van der Waals surface area contributed by atoms with Gasteiger partial charge in [0.15, 0.2) is 0 Å². The first-order valence-corrected chi connectivity index (χ1v) is 7.25. The first kappa shape index (κ1) is 17.5. The molecule has 124 valence electrons. The number of carbonyl (C=O) groups is 2. The molecule has 24 heavy (non-hydrogen) atoms. The van der Waals surface area contributed by atoms with Gasteiger partial charge in [-0.1, -0.05) is 23.7 Å². The second-order valence-corrected chi connectivity index (χ2v) is 5.12. The highest BCUT2D eigenvalue weighted by Gasteiger charge is 2.08. The molecule has 2 amide bonds. The first-order chi connectivity index (χ1) is 11.5. The van der Waals surface area contributed by atoms with Gasteiger partial charge in [0.05, 0.1) is 12.8 Å². The van der Waals surface area contributed by atoms with E-state index in [0.29, 0.717) is 10.7 Å². The Balaban J connectivity index is 2.04. The van der Waals surface area contributed by atoms with E-state index in [2.05, 4.69) is 15.4 Å². The number of nitrogens with one attached hydrogen (secondary N) is 2. The number of methoxy groups -OCH3 is 1. The standard InChI is InChI=1S/C17H14ClFN2O3/c1-24-17(23)21-15-10-13(7-8-14(15)19)20-16(22)9-4-11-2-5-12(18)6-3-11/h2-10H,1H3,(H,20,22)(H,21,23). The normalized spacial score (nSPS) is 10.5. The summed E-state index contributed by atoms with van der Waals surface area (Å²) in [6.07, 6.45) is 2.14. The maximum atomic E-state index is 13.6. The van der Waals surface area contributed by atoms with Crippen molar-refractivity contribution in [3.05, 3.63) is 64.9 Å². The molecule has 0 atom stereocenters. The van der Waals surface area contributed by atoms with Gasteiger partial charge in [0, 0.05) is 16.8 Å². The Morgan fingerprint density at radius 3 is 2.50 bits per heavy atom. The number of ether oxygens (including phenoxy) is 1. The van der Waals surface area contributed by atoms with Crippen molar-refractivity contribution < 1.29 is 18.7 Å². The SMILES string of the molecule is COC(=O)Nc1cc(NC(=O)C=Cc2ccc(Cl)cc2)ccc1F. The third-order valence-electron chi connectivity index (χ3n) is 2.95. The Labute approximate surface area is 143 Å². The average molecular weight is 349 g/mol. The molecule has 7 heteroatoms. The molecule has 2 N–H and O–H groups in total. The lowest BCUT2D eigenvalue weighted by Gasteiger charge is -2.08. The average Bonchev–Trinajstić information content (AvgIpc) is 2.57. The summed E-state index contributed by atoms with van der Waals surface area (Å²) in [5.41, 5.74) is 1.04. The van der Waals surface area contributed by atoms with Gasteiger partial charge < -0.3 is 10.1 Å². The molecule has 2 rings (SSSR count). The maximum absolute atomic E-state index is 13.6. The van der Waals surface area contributed by atoms with E-state index in [0.717, 1.165) is 11.6 Å². The summed E-state index contributed by atoms with van der Waals surface area (Å²) < 4.78 is 18.0. The lowest BCUT2D eigenvalue weighted by Crippen LogP contribution is -2.13. The largest absolute Gasteiger partial charge is 0.453 e. The van der Waals surface area contributed by atoms with Crippen LogP contribution in [0.5, 0.6) is 0 Å². The topological polar surface area (TPSA) is 67.4 Å². The van der Waals surface area contributed by atoms with E-state index < -0.39 is 17.8 Å². The predicted octanol–water partition coefficient (Wildman–Crippen LogP) is 4.31. The maximum Gasteiger partial charge on any atom is 0.411 e. The van der Waals surface area contributed by atoms with Crippen molar-refractivity contribution in [1.29, 1.82) is 0 Å². The third kappa shape index (κ3) is 5.10. The van der Waals surface area contributed by atoms with Crippen LogP contribution in [-0.2, 0) is 9.53 Å². The van der Waals surface area contributed by atoms with Gasteiger partial charge in [-0.05, 0) is 42.0 Å². The summed E-state index contributed by atoms with van der Waals surface area (Å²) in [5.74, 6) is -1.05. The quantitative estimate of drug-likeness (QED) is 0.809. The Morgan fingerprint density at radius 2 is 1.83 bits per heavy atom. The van der Waals surface area contributed by atoms with E-state index in [1.807, 2.05) is 0 Å². The van der Waals surface area contributed by atoms with Crippen molar-refractivity contribution in [2.45, 2.75) is 0 Å². The van der Waals surface area contributed by atoms with Crippen LogP contribution in [0, 0.1) is 5.82 Å². The van der Waals surface area contributed by atoms with Crippen LogP contribution in [0.4, 0.5) is 20.6 Å². The number of carbonyl (C=O) groups excluding carboxylic acids is 2. The van der Waals surface area contributed by atoms with Crippen LogP contribution in [-0.4, -0.2) is 19.1 Å². The number of hydrogen-bond acceptors (Lipinski definition) is 3. The summed E-state index contributed by atoms with van der Waals surface area (Å²) in [4.78, 5) is 23.0. The zero-order chi connectivity index (χ0) is 17.5. The van der Waals surface area contributed by atoms with E-state index in [1.54, 1.807) is 30.3 Å². The molecule has 0 saturated heterocycles. The van der Waals surface area contributed by atoms with Gasteiger partial charge >= 0.3 is 6.09 Å². The van der Waals surface area contributed by atoms with E-state index in [9.17, 15) is 14.0 Å². The smallest absolute Gasteiger partial charge is 0.411 e. The minimum atomic E-state index is -0.806. The number of hydrogen-bond donors (Lipinski definition) is 2. The molecule has 0 radical (unpaired) electrons.